The number of phenolic OH excluding ortho intramolecular Hbond substituents is 1. The van der Waals surface area contributed by atoms with Crippen LogP contribution in [0.5, 0.6) is 5.75 Å². The van der Waals surface area contributed by atoms with Crippen LogP contribution >= 0.6 is 12.4 Å². The van der Waals surface area contributed by atoms with Gasteiger partial charge in [-0.25, -0.2) is 4.79 Å². The van der Waals surface area contributed by atoms with E-state index < -0.39 is 5.97 Å². The molecule has 2 aromatic rings. The van der Waals surface area contributed by atoms with Crippen molar-refractivity contribution in [3.8, 4) is 5.75 Å². The van der Waals surface area contributed by atoms with Gasteiger partial charge in [-0.3, -0.25) is 4.98 Å². The van der Waals surface area contributed by atoms with E-state index in [0.717, 1.165) is 0 Å². The zero-order valence-corrected chi connectivity index (χ0v) is 8.36. The van der Waals surface area contributed by atoms with Crippen molar-refractivity contribution in [2.75, 3.05) is 0 Å². The number of aromatic nitrogens is 1. The molecule has 0 fully saturated rings. The average Bonchev–Trinajstić information content (AvgIpc) is 2.18. The minimum Gasteiger partial charge on any atom is -0.506 e. The number of carbonyl (C=O) groups is 1. The van der Waals surface area contributed by atoms with Crippen molar-refractivity contribution >= 4 is 29.3 Å². The number of benzene rings is 1. The number of nitrogens with zero attached hydrogens (tertiary/aromatic N) is 1. The van der Waals surface area contributed by atoms with Crippen LogP contribution in [0.15, 0.2) is 30.5 Å². The summed E-state index contributed by atoms with van der Waals surface area (Å²) < 4.78 is 0. The molecule has 0 radical (unpaired) electrons. The summed E-state index contributed by atoms with van der Waals surface area (Å²) in [5, 5.41) is 18.7. The second kappa shape index (κ2) is 4.14. The Morgan fingerprint density at radius 2 is 2.00 bits per heavy atom. The number of phenols is 1. The lowest BCUT2D eigenvalue weighted by atomic mass is 10.1. The van der Waals surface area contributed by atoms with Crippen molar-refractivity contribution in [3.05, 3.63) is 36.0 Å². The zero-order chi connectivity index (χ0) is 10.1. The molecular formula is C10H8ClNO3. The van der Waals surface area contributed by atoms with Gasteiger partial charge in [0, 0.05) is 11.6 Å². The molecule has 2 rings (SSSR count). The Morgan fingerprint density at radius 3 is 2.67 bits per heavy atom. The van der Waals surface area contributed by atoms with Gasteiger partial charge >= 0.3 is 5.97 Å². The van der Waals surface area contributed by atoms with Crippen molar-refractivity contribution in [1.29, 1.82) is 0 Å². The smallest absolute Gasteiger partial charge is 0.336 e. The summed E-state index contributed by atoms with van der Waals surface area (Å²) in [6.07, 6.45) is 1.51. The van der Waals surface area contributed by atoms with Crippen molar-refractivity contribution in [3.63, 3.8) is 0 Å². The van der Waals surface area contributed by atoms with Crippen molar-refractivity contribution in [1.82, 2.24) is 4.98 Å². The molecule has 0 saturated carbocycles. The largest absolute Gasteiger partial charge is 0.506 e. The highest BCUT2D eigenvalue weighted by Crippen LogP contribution is 2.25. The first-order valence-electron chi connectivity index (χ1n) is 4.00. The molecule has 0 saturated heterocycles. The van der Waals surface area contributed by atoms with Gasteiger partial charge in [-0.05, 0) is 18.2 Å². The number of hydrogen-bond donors (Lipinski definition) is 2. The van der Waals surface area contributed by atoms with E-state index in [2.05, 4.69) is 4.98 Å². The number of halogens is 1. The van der Waals surface area contributed by atoms with Crippen LogP contribution in [0.2, 0.25) is 0 Å². The fourth-order valence-corrected chi connectivity index (χ4v) is 1.34. The molecule has 0 bridgehead atoms. The second-order valence-electron chi connectivity index (χ2n) is 2.84. The number of carboxylic acid groups (broad SMARTS) is 1. The molecule has 0 aliphatic heterocycles. The third-order valence-electron chi connectivity index (χ3n) is 1.98. The van der Waals surface area contributed by atoms with Crippen LogP contribution in [-0.2, 0) is 0 Å². The van der Waals surface area contributed by atoms with Gasteiger partial charge in [0.05, 0.1) is 5.56 Å². The zero-order valence-electron chi connectivity index (χ0n) is 7.54. The van der Waals surface area contributed by atoms with Crippen molar-refractivity contribution in [2.45, 2.75) is 0 Å². The van der Waals surface area contributed by atoms with Gasteiger partial charge in [0.25, 0.3) is 0 Å². The Labute approximate surface area is 91.6 Å². The van der Waals surface area contributed by atoms with Crippen LogP contribution in [0.3, 0.4) is 0 Å². The molecule has 0 unspecified atom stereocenters. The van der Waals surface area contributed by atoms with E-state index in [1.807, 2.05) is 0 Å². The summed E-state index contributed by atoms with van der Waals surface area (Å²) in [5.41, 5.74) is 0.457. The molecule has 5 heteroatoms. The minimum atomic E-state index is -1.02. The first kappa shape index (κ1) is 11.3. The Bertz CT molecular complexity index is 513. The van der Waals surface area contributed by atoms with E-state index in [9.17, 15) is 9.90 Å². The monoisotopic (exact) mass is 225 g/mol. The maximum atomic E-state index is 10.8. The number of rotatable bonds is 1. The molecule has 0 amide bonds. The summed E-state index contributed by atoms with van der Waals surface area (Å²) in [6, 6.07) is 5.94. The number of carboxylic acids is 1. The molecule has 4 nitrogen and oxygen atoms in total. The molecule has 1 heterocycles. The average molecular weight is 226 g/mol. The molecule has 15 heavy (non-hydrogen) atoms. The molecule has 1 aromatic carbocycles. The van der Waals surface area contributed by atoms with Crippen LogP contribution in [0.4, 0.5) is 0 Å². The maximum absolute atomic E-state index is 10.8. The molecule has 1 aromatic heterocycles. The lowest BCUT2D eigenvalue weighted by Crippen LogP contribution is -1.97. The quantitative estimate of drug-likeness (QED) is 0.779. The van der Waals surface area contributed by atoms with E-state index in [1.54, 1.807) is 12.1 Å². The maximum Gasteiger partial charge on any atom is 0.336 e. The Kier molecular flexibility index (Phi) is 3.11. The van der Waals surface area contributed by atoms with Gasteiger partial charge in [0.15, 0.2) is 0 Å². The third kappa shape index (κ3) is 1.85. The molecule has 78 valence electrons. The highest BCUT2D eigenvalue weighted by molar-refractivity contribution is 6.04. The highest BCUT2D eigenvalue weighted by Gasteiger charge is 2.10. The van der Waals surface area contributed by atoms with Gasteiger partial charge in [-0.15, -0.1) is 12.4 Å². The third-order valence-corrected chi connectivity index (χ3v) is 1.98. The SMILES string of the molecule is Cl.O=C(O)c1ccc(O)c2ncccc12. The van der Waals surface area contributed by atoms with Gasteiger partial charge < -0.3 is 10.2 Å². The predicted octanol–water partition coefficient (Wildman–Crippen LogP) is 2.06. The number of aromatic hydroxyl groups is 1. The summed E-state index contributed by atoms with van der Waals surface area (Å²) in [5.74, 6) is -1.03. The van der Waals surface area contributed by atoms with Crippen LogP contribution in [0.1, 0.15) is 10.4 Å². The fourth-order valence-electron chi connectivity index (χ4n) is 1.34. The molecule has 0 spiro atoms. The minimum absolute atomic E-state index is 0. The predicted molar refractivity (Wildman–Crippen MR) is 57.6 cm³/mol. The van der Waals surface area contributed by atoms with Gasteiger partial charge in [-0.1, -0.05) is 6.07 Å². The standard InChI is InChI=1S/C10H7NO3.ClH/c12-8-4-3-7(10(13)14)6-2-1-5-11-9(6)8;/h1-5,12H,(H,13,14);1H. The number of fused-ring (bicyclic) bond motifs is 1. The molecule has 2 N–H and O–H groups in total. The summed E-state index contributed by atoms with van der Waals surface area (Å²) >= 11 is 0. The number of hydrogen-bond acceptors (Lipinski definition) is 3. The van der Waals surface area contributed by atoms with Crippen LogP contribution in [0.25, 0.3) is 10.9 Å². The Hall–Kier alpha value is -1.81. The number of pyridine rings is 1. The van der Waals surface area contributed by atoms with E-state index in [-0.39, 0.29) is 23.7 Å². The van der Waals surface area contributed by atoms with Crippen LogP contribution in [0, 0.1) is 0 Å². The number of aromatic carboxylic acids is 1. The normalized spacial score (nSPS) is 9.60. The Morgan fingerprint density at radius 1 is 1.27 bits per heavy atom. The van der Waals surface area contributed by atoms with Gasteiger partial charge in [0.2, 0.25) is 0 Å². The lowest BCUT2D eigenvalue weighted by molar-refractivity contribution is 0.0699. The Balaban J connectivity index is 0.00000112. The fraction of sp³-hybridized carbons (Fsp3) is 0. The first-order valence-corrected chi connectivity index (χ1v) is 4.00. The molecule has 0 aliphatic carbocycles. The lowest BCUT2D eigenvalue weighted by Gasteiger charge is -2.02. The molecule has 0 aliphatic rings. The second-order valence-corrected chi connectivity index (χ2v) is 2.84. The van der Waals surface area contributed by atoms with Gasteiger partial charge in [-0.2, -0.15) is 0 Å². The van der Waals surface area contributed by atoms with E-state index >= 15 is 0 Å². The van der Waals surface area contributed by atoms with Crippen molar-refractivity contribution < 1.29 is 15.0 Å². The van der Waals surface area contributed by atoms with Crippen molar-refractivity contribution in [2.24, 2.45) is 0 Å². The molecule has 0 atom stereocenters. The van der Waals surface area contributed by atoms with Crippen LogP contribution < -0.4 is 0 Å². The van der Waals surface area contributed by atoms with E-state index in [0.29, 0.717) is 10.9 Å². The molecular weight excluding hydrogens is 218 g/mol. The van der Waals surface area contributed by atoms with E-state index in [4.69, 9.17) is 5.11 Å². The summed E-state index contributed by atoms with van der Waals surface area (Å²) in [4.78, 5) is 14.7. The van der Waals surface area contributed by atoms with E-state index in [1.165, 1.54) is 18.3 Å². The highest BCUT2D eigenvalue weighted by atomic mass is 35.5. The summed E-state index contributed by atoms with van der Waals surface area (Å²) in [6.45, 7) is 0. The van der Waals surface area contributed by atoms with Crippen LogP contribution in [-0.4, -0.2) is 21.2 Å². The topological polar surface area (TPSA) is 70.4 Å². The van der Waals surface area contributed by atoms with Gasteiger partial charge in [0.1, 0.15) is 11.3 Å². The first-order chi connectivity index (χ1) is 6.70. The summed E-state index contributed by atoms with van der Waals surface area (Å²) in [7, 11) is 0.